The van der Waals surface area contributed by atoms with Gasteiger partial charge < -0.3 is 20.6 Å². The number of carboxylic acids is 1. The molecule has 1 saturated heterocycles. The minimum Gasteiger partial charge on any atom is -0.481 e. The van der Waals surface area contributed by atoms with E-state index in [-0.39, 0.29) is 43.5 Å². The highest BCUT2D eigenvalue weighted by molar-refractivity contribution is 6.00. The number of benzene rings is 1. The number of carboxylic acid groups (broad SMARTS) is 1. The average molecular weight is 465 g/mol. The number of anilines is 1. The first-order chi connectivity index (χ1) is 16.4. The summed E-state index contributed by atoms with van der Waals surface area (Å²) >= 11 is 0. The van der Waals surface area contributed by atoms with Gasteiger partial charge in [0.1, 0.15) is 0 Å². The van der Waals surface area contributed by atoms with Crippen LogP contribution in [-0.2, 0) is 25.6 Å². The quantitative estimate of drug-likeness (QED) is 0.492. The molecule has 9 nitrogen and oxygen atoms in total. The number of hydrogen-bond acceptors (Lipinski definition) is 5. The molecule has 3 N–H and O–H groups in total. The zero-order chi connectivity index (χ0) is 24.1. The zero-order valence-corrected chi connectivity index (χ0v) is 18.8. The van der Waals surface area contributed by atoms with Crippen LogP contribution in [0.3, 0.4) is 0 Å². The van der Waals surface area contributed by atoms with Crippen LogP contribution in [0, 0.1) is 11.8 Å². The Morgan fingerprint density at radius 1 is 1.18 bits per heavy atom. The van der Waals surface area contributed by atoms with Crippen LogP contribution in [0.5, 0.6) is 0 Å². The fourth-order valence-electron chi connectivity index (χ4n) is 4.09. The first-order valence-electron chi connectivity index (χ1n) is 11.5. The largest absolute Gasteiger partial charge is 0.481 e. The van der Waals surface area contributed by atoms with Gasteiger partial charge in [-0.1, -0.05) is 18.2 Å². The lowest BCUT2D eigenvalue weighted by Gasteiger charge is -2.20. The smallest absolute Gasteiger partial charge is 0.305 e. The van der Waals surface area contributed by atoms with Crippen molar-refractivity contribution in [3.05, 3.63) is 59.9 Å². The molecule has 4 rings (SSSR count). The summed E-state index contributed by atoms with van der Waals surface area (Å²) in [6.45, 7) is 0.899. The van der Waals surface area contributed by atoms with Gasteiger partial charge in [0.05, 0.1) is 24.8 Å². The van der Waals surface area contributed by atoms with Gasteiger partial charge in [0.25, 0.3) is 0 Å². The number of rotatable bonds is 10. The second kappa shape index (κ2) is 10.5. The minimum absolute atomic E-state index is 0.0325. The van der Waals surface area contributed by atoms with E-state index in [0.29, 0.717) is 23.7 Å². The Morgan fingerprint density at radius 2 is 2.00 bits per heavy atom. The second-order valence-electron chi connectivity index (χ2n) is 8.94. The van der Waals surface area contributed by atoms with Gasteiger partial charge in [-0.05, 0) is 48.1 Å². The SMILES string of the molecule is O=C(O)CC(NC(=O)C1CC(=O)N(c2cccc(CC(=O)NCC3CC3)c2)C1)c1cccnc1. The Bertz CT molecular complexity index is 1070. The molecular formula is C25H28N4O5. The summed E-state index contributed by atoms with van der Waals surface area (Å²) in [6.07, 6.45) is 5.40. The van der Waals surface area contributed by atoms with Crippen LogP contribution in [0.4, 0.5) is 5.69 Å². The lowest BCUT2D eigenvalue weighted by atomic mass is 10.0. The molecule has 1 saturated carbocycles. The Kier molecular flexibility index (Phi) is 7.20. The monoisotopic (exact) mass is 464 g/mol. The standard InChI is InChI=1S/C25H28N4O5/c30-22(27-13-16-6-7-16)10-17-3-1-5-20(9-17)29-15-19(11-23(29)31)25(34)28-21(12-24(32)33)18-4-2-8-26-14-18/h1-5,8-9,14,16,19,21H,6-7,10-13,15H2,(H,27,30)(H,28,34)(H,32,33). The van der Waals surface area contributed by atoms with E-state index in [2.05, 4.69) is 15.6 Å². The number of amides is 3. The van der Waals surface area contributed by atoms with Crippen LogP contribution in [0.25, 0.3) is 0 Å². The van der Waals surface area contributed by atoms with E-state index < -0.39 is 17.9 Å². The Hall–Kier alpha value is -3.75. The molecule has 2 atom stereocenters. The van der Waals surface area contributed by atoms with E-state index in [9.17, 15) is 24.3 Å². The van der Waals surface area contributed by atoms with Gasteiger partial charge in [-0.3, -0.25) is 24.2 Å². The number of hydrogen-bond donors (Lipinski definition) is 3. The van der Waals surface area contributed by atoms with E-state index in [1.54, 1.807) is 41.4 Å². The topological polar surface area (TPSA) is 129 Å². The van der Waals surface area contributed by atoms with Crippen molar-refractivity contribution in [3.8, 4) is 0 Å². The zero-order valence-electron chi connectivity index (χ0n) is 18.8. The fraction of sp³-hybridized carbons (Fsp3) is 0.400. The molecule has 178 valence electrons. The molecule has 1 aromatic carbocycles. The molecule has 2 aromatic rings. The Balaban J connectivity index is 1.38. The number of aliphatic carboxylic acids is 1. The van der Waals surface area contributed by atoms with Gasteiger partial charge in [-0.2, -0.15) is 0 Å². The van der Waals surface area contributed by atoms with Crippen molar-refractivity contribution < 1.29 is 24.3 Å². The molecule has 0 spiro atoms. The summed E-state index contributed by atoms with van der Waals surface area (Å²) in [7, 11) is 0. The lowest BCUT2D eigenvalue weighted by Crippen LogP contribution is -2.36. The predicted molar refractivity (Wildman–Crippen MR) is 124 cm³/mol. The van der Waals surface area contributed by atoms with E-state index in [1.807, 2.05) is 6.07 Å². The van der Waals surface area contributed by atoms with Crippen molar-refractivity contribution >= 4 is 29.4 Å². The molecule has 2 aliphatic rings. The molecule has 1 aliphatic carbocycles. The average Bonchev–Trinajstić information content (AvgIpc) is 3.57. The van der Waals surface area contributed by atoms with Gasteiger partial charge in [0, 0.05) is 37.6 Å². The van der Waals surface area contributed by atoms with Crippen molar-refractivity contribution in [2.24, 2.45) is 11.8 Å². The molecule has 2 heterocycles. The summed E-state index contributed by atoms with van der Waals surface area (Å²) in [5, 5.41) is 15.0. The third-order valence-electron chi connectivity index (χ3n) is 6.15. The molecular weight excluding hydrogens is 436 g/mol. The third kappa shape index (κ3) is 6.18. The third-order valence-corrected chi connectivity index (χ3v) is 6.15. The summed E-state index contributed by atoms with van der Waals surface area (Å²) in [5.74, 6) is -1.65. The van der Waals surface area contributed by atoms with E-state index in [0.717, 1.165) is 5.56 Å². The van der Waals surface area contributed by atoms with Crippen LogP contribution >= 0.6 is 0 Å². The minimum atomic E-state index is -1.05. The van der Waals surface area contributed by atoms with Crippen molar-refractivity contribution in [2.75, 3.05) is 18.0 Å². The number of pyridine rings is 1. The van der Waals surface area contributed by atoms with Crippen molar-refractivity contribution in [1.82, 2.24) is 15.6 Å². The maximum atomic E-state index is 12.9. The maximum absolute atomic E-state index is 12.9. The van der Waals surface area contributed by atoms with Crippen LogP contribution in [0.1, 0.15) is 42.9 Å². The summed E-state index contributed by atoms with van der Waals surface area (Å²) in [6, 6.07) is 9.88. The highest BCUT2D eigenvalue weighted by Crippen LogP contribution is 2.28. The molecule has 9 heteroatoms. The summed E-state index contributed by atoms with van der Waals surface area (Å²) in [5.41, 5.74) is 2.03. The van der Waals surface area contributed by atoms with E-state index >= 15 is 0 Å². The maximum Gasteiger partial charge on any atom is 0.305 e. The summed E-state index contributed by atoms with van der Waals surface area (Å²) < 4.78 is 0. The van der Waals surface area contributed by atoms with Crippen molar-refractivity contribution in [3.63, 3.8) is 0 Å². The Morgan fingerprint density at radius 3 is 2.71 bits per heavy atom. The molecule has 2 unspecified atom stereocenters. The van der Waals surface area contributed by atoms with E-state index in [1.165, 1.54) is 19.0 Å². The number of nitrogens with zero attached hydrogens (tertiary/aromatic N) is 2. The predicted octanol–water partition coefficient (Wildman–Crippen LogP) is 1.84. The molecule has 0 radical (unpaired) electrons. The van der Waals surface area contributed by atoms with Gasteiger partial charge in [0.15, 0.2) is 0 Å². The molecule has 1 aromatic heterocycles. The van der Waals surface area contributed by atoms with Crippen LogP contribution in [-0.4, -0.2) is 46.9 Å². The molecule has 2 fully saturated rings. The second-order valence-corrected chi connectivity index (χ2v) is 8.94. The van der Waals surface area contributed by atoms with Gasteiger partial charge in [-0.25, -0.2) is 0 Å². The van der Waals surface area contributed by atoms with Crippen molar-refractivity contribution in [2.45, 2.75) is 38.1 Å². The lowest BCUT2D eigenvalue weighted by molar-refractivity contribution is -0.138. The number of carbonyl (C=O) groups excluding carboxylic acids is 3. The first-order valence-corrected chi connectivity index (χ1v) is 11.5. The number of aromatic nitrogens is 1. The van der Waals surface area contributed by atoms with Crippen LogP contribution < -0.4 is 15.5 Å². The molecule has 3 amide bonds. The first kappa shape index (κ1) is 23.4. The molecule has 0 bridgehead atoms. The van der Waals surface area contributed by atoms with Crippen LogP contribution in [0.15, 0.2) is 48.8 Å². The van der Waals surface area contributed by atoms with Gasteiger partial charge in [-0.15, -0.1) is 0 Å². The van der Waals surface area contributed by atoms with Gasteiger partial charge in [0.2, 0.25) is 17.7 Å². The van der Waals surface area contributed by atoms with Crippen LogP contribution in [0.2, 0.25) is 0 Å². The number of nitrogens with one attached hydrogen (secondary N) is 2. The highest BCUT2D eigenvalue weighted by Gasteiger charge is 2.36. The van der Waals surface area contributed by atoms with Crippen molar-refractivity contribution in [1.29, 1.82) is 0 Å². The normalized spacial score (nSPS) is 18.4. The van der Waals surface area contributed by atoms with Gasteiger partial charge >= 0.3 is 5.97 Å². The molecule has 34 heavy (non-hydrogen) atoms. The number of carbonyl (C=O) groups is 4. The summed E-state index contributed by atoms with van der Waals surface area (Å²) in [4.78, 5) is 54.7. The van der Waals surface area contributed by atoms with E-state index in [4.69, 9.17) is 0 Å². The highest BCUT2D eigenvalue weighted by atomic mass is 16.4. The molecule has 1 aliphatic heterocycles. The Labute approximate surface area is 197 Å². The fourth-order valence-corrected chi connectivity index (χ4v) is 4.09.